The van der Waals surface area contributed by atoms with Gasteiger partial charge in [0.05, 0.1) is 25.4 Å². The van der Waals surface area contributed by atoms with Crippen molar-refractivity contribution in [3.8, 4) is 46.0 Å². The van der Waals surface area contributed by atoms with Crippen molar-refractivity contribution >= 4 is 0 Å². The molecule has 0 amide bonds. The van der Waals surface area contributed by atoms with Crippen molar-refractivity contribution in [2.24, 2.45) is 0 Å². The summed E-state index contributed by atoms with van der Waals surface area (Å²) in [6, 6.07) is 64.3. The Balaban J connectivity index is 0.000000236. The van der Waals surface area contributed by atoms with Gasteiger partial charge in [0.2, 0.25) is 0 Å². The minimum Gasteiger partial charge on any atom is -0.491 e. The van der Waals surface area contributed by atoms with E-state index in [1.165, 1.54) is 22.3 Å². The fourth-order valence-electron chi connectivity index (χ4n) is 10.4. The summed E-state index contributed by atoms with van der Waals surface area (Å²) in [6.45, 7) is 24.6. The number of hydrogen-bond donors (Lipinski definition) is 4. The lowest BCUT2D eigenvalue weighted by Gasteiger charge is -2.27. The molecule has 14 heteroatoms. The molecule has 8 aromatic carbocycles. The van der Waals surface area contributed by atoms with Crippen LogP contribution in [0.25, 0.3) is 0 Å². The zero-order chi connectivity index (χ0) is 65.5. The molecule has 10 rings (SSSR count). The summed E-state index contributed by atoms with van der Waals surface area (Å²) in [4.78, 5) is 0. The summed E-state index contributed by atoms with van der Waals surface area (Å²) in [7, 11) is 0. The van der Waals surface area contributed by atoms with Gasteiger partial charge in [0.25, 0.3) is 0 Å². The van der Waals surface area contributed by atoms with Crippen LogP contribution in [0.4, 0.5) is 0 Å². The molecule has 2 aliphatic rings. The molecular weight excluding hydrogens is 1160 g/mol. The van der Waals surface area contributed by atoms with Crippen molar-refractivity contribution < 1.29 is 69.2 Å². The highest BCUT2D eigenvalue weighted by Gasteiger charge is 2.29. The van der Waals surface area contributed by atoms with E-state index in [1.807, 2.05) is 146 Å². The van der Waals surface area contributed by atoms with Crippen molar-refractivity contribution in [3.05, 3.63) is 239 Å². The molecule has 2 heterocycles. The van der Waals surface area contributed by atoms with Gasteiger partial charge in [-0.3, -0.25) is 0 Å². The predicted molar refractivity (Wildman–Crippen MR) is 361 cm³/mol. The van der Waals surface area contributed by atoms with E-state index >= 15 is 0 Å². The largest absolute Gasteiger partial charge is 0.491 e. The maximum Gasteiger partial charge on any atom is 0.122 e. The topological polar surface area (TPSA) is 180 Å². The van der Waals surface area contributed by atoms with Crippen molar-refractivity contribution in [3.63, 3.8) is 0 Å². The maximum absolute atomic E-state index is 10.5. The highest BCUT2D eigenvalue weighted by molar-refractivity contribution is 5.46. The van der Waals surface area contributed by atoms with Crippen molar-refractivity contribution in [1.29, 1.82) is 0 Å². The van der Waals surface area contributed by atoms with E-state index in [0.717, 1.165) is 58.5 Å². The smallest absolute Gasteiger partial charge is 0.122 e. The number of benzene rings is 8. The number of ether oxygens (including phenoxy) is 10. The second-order valence-corrected chi connectivity index (χ2v) is 26.1. The van der Waals surface area contributed by atoms with Gasteiger partial charge in [0.15, 0.2) is 0 Å². The van der Waals surface area contributed by atoms with Crippen LogP contribution in [-0.2, 0) is 31.1 Å². The van der Waals surface area contributed by atoms with Gasteiger partial charge in [-0.1, -0.05) is 152 Å². The van der Waals surface area contributed by atoms with Crippen LogP contribution in [-0.4, -0.2) is 123 Å². The quantitative estimate of drug-likeness (QED) is 0.0293. The second kappa shape index (κ2) is 31.0. The minimum atomic E-state index is -0.795. The molecule has 4 N–H and O–H groups in total. The lowest BCUT2D eigenvalue weighted by Crippen LogP contribution is -2.25. The molecule has 4 unspecified atom stereocenters. The first kappa shape index (κ1) is 68.3. The summed E-state index contributed by atoms with van der Waals surface area (Å²) in [5.74, 6) is 5.92. The summed E-state index contributed by atoms with van der Waals surface area (Å²) in [5, 5.41) is 39.9. The van der Waals surface area contributed by atoms with Gasteiger partial charge >= 0.3 is 0 Å². The Morgan fingerprint density at radius 1 is 0.293 bits per heavy atom. The first-order valence-electron chi connectivity index (χ1n) is 31.8. The fraction of sp³-hybridized carbons (Fsp3) is 0.385. The zero-order valence-corrected chi connectivity index (χ0v) is 54.9. The minimum absolute atomic E-state index is 0. The van der Waals surface area contributed by atoms with Crippen LogP contribution in [0.1, 0.15) is 115 Å². The number of rotatable bonds is 32. The van der Waals surface area contributed by atoms with Crippen LogP contribution in [0.15, 0.2) is 194 Å². The Morgan fingerprint density at radius 2 is 0.446 bits per heavy atom. The summed E-state index contributed by atoms with van der Waals surface area (Å²) >= 11 is 0. The standard InChI is InChI=1S/C39H44O7.C39H48O7.H2/c1-38(2,29-9-17-34(18-10-29)43-23-36-25-45-36)27-5-13-32(14-6-27)41-21-31(40)22-42-33-15-7-28(8-16-33)39(3,4)30-11-19-35(20-12-30)44-24-37-26-46-37;1-27(40)23-43-34-15-7-29(8-16-34)38(3,4)31-11-19-36(20-12-31)45-25-33(42)26-46-37-21-13-32(14-22-37)39(5,6)30-9-17-35(18-10-30)44-24-28(2)41;/h5-20,31,36-37,40H,21-26H2,1-4H3;7-22,27-28,33,40-42H,23-26H2,1-6H3;1H/i;;1+1. The zero-order valence-electron chi connectivity index (χ0n) is 54.9. The average molecular weight is 1260 g/mol. The highest BCUT2D eigenvalue weighted by Crippen LogP contribution is 2.38. The van der Waals surface area contributed by atoms with Crippen LogP contribution in [0, 0.1) is 0 Å². The van der Waals surface area contributed by atoms with Crippen molar-refractivity contribution in [2.45, 2.75) is 128 Å². The molecule has 14 nitrogen and oxygen atoms in total. The second-order valence-electron chi connectivity index (χ2n) is 26.1. The van der Waals surface area contributed by atoms with Gasteiger partial charge in [-0.15, -0.1) is 0 Å². The summed E-state index contributed by atoms with van der Waals surface area (Å²) < 4.78 is 56.6. The van der Waals surface area contributed by atoms with E-state index in [4.69, 9.17) is 47.4 Å². The lowest BCUT2D eigenvalue weighted by molar-refractivity contribution is 0.0626. The number of aliphatic hydroxyl groups is 4. The molecule has 8 aromatic rings. The molecule has 0 aromatic heterocycles. The molecule has 2 aliphatic heterocycles. The SMILES string of the molecule is CC(C)(c1ccc(OCC(O)COc2ccc(C(C)(C)c3ccc(OCC4CO4)cc3)cc2)cc1)c1ccc(OCC2CO2)cc1.CC(O)COc1ccc(C(C)(C)c2ccc(OCC(O)COc3ccc(C(C)(C)c4ccc(OCC(C)O)cc4)cc3)cc2)cc1.[2HH]. The van der Waals surface area contributed by atoms with Crippen LogP contribution < -0.4 is 37.9 Å². The Bertz CT molecular complexity index is 3040. The molecule has 0 bridgehead atoms. The van der Waals surface area contributed by atoms with E-state index in [0.29, 0.717) is 36.2 Å². The monoisotopic (exact) mass is 1260 g/mol. The average Bonchev–Trinajstić information content (AvgIpc) is 1.96. The van der Waals surface area contributed by atoms with Gasteiger partial charge in [-0.2, -0.15) is 0 Å². The molecular formula is C78H94O14. The predicted octanol–water partition coefficient (Wildman–Crippen LogP) is 13.6. The maximum atomic E-state index is 10.5. The first-order valence-corrected chi connectivity index (χ1v) is 31.8. The fourth-order valence-corrected chi connectivity index (χ4v) is 10.4. The van der Waals surface area contributed by atoms with Gasteiger partial charge in [0.1, 0.15) is 123 Å². The normalized spacial score (nSPS) is 15.9. The third-order valence-electron chi connectivity index (χ3n) is 17.0. The molecule has 4 atom stereocenters. The van der Waals surface area contributed by atoms with Gasteiger partial charge < -0.3 is 67.8 Å². The highest BCUT2D eigenvalue weighted by atomic mass is 16.6. The molecule has 0 spiro atoms. The molecule has 0 saturated carbocycles. The number of epoxide rings is 2. The molecule has 2 saturated heterocycles. The Morgan fingerprint density at radius 3 is 0.598 bits per heavy atom. The Hall–Kier alpha value is -8.08. The Kier molecular flexibility index (Phi) is 23.0. The lowest BCUT2D eigenvalue weighted by atomic mass is 9.78. The van der Waals surface area contributed by atoms with Crippen LogP contribution >= 0.6 is 0 Å². The third-order valence-corrected chi connectivity index (χ3v) is 17.0. The van der Waals surface area contributed by atoms with Crippen LogP contribution in [0.5, 0.6) is 46.0 Å². The van der Waals surface area contributed by atoms with Gasteiger partial charge in [-0.25, -0.2) is 0 Å². The van der Waals surface area contributed by atoms with Gasteiger partial charge in [-0.05, 0) is 155 Å². The molecule has 490 valence electrons. The molecule has 0 aliphatic carbocycles. The van der Waals surface area contributed by atoms with Crippen molar-refractivity contribution in [1.82, 2.24) is 0 Å². The molecule has 0 radical (unpaired) electrons. The number of aliphatic hydroxyl groups excluding tert-OH is 4. The third kappa shape index (κ3) is 19.5. The van der Waals surface area contributed by atoms with Crippen LogP contribution in [0.3, 0.4) is 0 Å². The number of hydrogen-bond acceptors (Lipinski definition) is 14. The van der Waals surface area contributed by atoms with E-state index in [9.17, 15) is 20.4 Å². The van der Waals surface area contributed by atoms with Crippen LogP contribution in [0.2, 0.25) is 0 Å². The molecule has 2 fully saturated rings. The van der Waals surface area contributed by atoms with E-state index < -0.39 is 24.4 Å². The van der Waals surface area contributed by atoms with Crippen molar-refractivity contribution in [2.75, 3.05) is 66.1 Å². The summed E-state index contributed by atoms with van der Waals surface area (Å²) in [6.07, 6.45) is -2.11. The molecule has 92 heavy (non-hydrogen) atoms. The van der Waals surface area contributed by atoms with E-state index in [-0.39, 0.29) is 74.9 Å². The van der Waals surface area contributed by atoms with E-state index in [1.54, 1.807) is 13.8 Å². The summed E-state index contributed by atoms with van der Waals surface area (Å²) in [5.41, 5.74) is 8.41. The van der Waals surface area contributed by atoms with E-state index in [2.05, 4.69) is 104 Å². The van der Waals surface area contributed by atoms with Gasteiger partial charge in [0, 0.05) is 23.1 Å². The first-order chi connectivity index (χ1) is 44.0. The Labute approximate surface area is 545 Å².